The SMILES string of the molecule is CS(=O)(=O)O.NC(=O)c1ccc2c(c1)C1CCCNC1C2. The summed E-state index contributed by atoms with van der Waals surface area (Å²) in [6.45, 7) is 1.12. The molecule has 1 aromatic rings. The van der Waals surface area contributed by atoms with Crippen molar-refractivity contribution in [1.82, 2.24) is 5.32 Å². The van der Waals surface area contributed by atoms with Crippen LogP contribution in [-0.4, -0.2) is 37.7 Å². The molecule has 0 bridgehead atoms. The van der Waals surface area contributed by atoms with Crippen molar-refractivity contribution >= 4 is 16.0 Å². The number of carbonyl (C=O) groups excluding carboxylic acids is 1. The smallest absolute Gasteiger partial charge is 0.261 e. The van der Waals surface area contributed by atoms with Crippen LogP contribution in [-0.2, 0) is 16.5 Å². The fourth-order valence-electron chi connectivity index (χ4n) is 3.06. The van der Waals surface area contributed by atoms with Crippen LogP contribution in [0.15, 0.2) is 18.2 Å². The van der Waals surface area contributed by atoms with E-state index in [0.717, 1.165) is 13.0 Å². The summed E-state index contributed by atoms with van der Waals surface area (Å²) >= 11 is 0. The van der Waals surface area contributed by atoms with Gasteiger partial charge >= 0.3 is 0 Å². The van der Waals surface area contributed by atoms with Crippen LogP contribution in [0.5, 0.6) is 0 Å². The lowest BCUT2D eigenvalue weighted by atomic mass is 9.89. The molecule has 2 aliphatic rings. The number of piperidine rings is 1. The van der Waals surface area contributed by atoms with E-state index >= 15 is 0 Å². The van der Waals surface area contributed by atoms with Crippen molar-refractivity contribution in [3.8, 4) is 0 Å². The monoisotopic (exact) mass is 312 g/mol. The van der Waals surface area contributed by atoms with Crippen molar-refractivity contribution in [1.29, 1.82) is 0 Å². The van der Waals surface area contributed by atoms with Gasteiger partial charge in [0.1, 0.15) is 0 Å². The van der Waals surface area contributed by atoms with Crippen LogP contribution in [0.1, 0.15) is 40.2 Å². The van der Waals surface area contributed by atoms with Crippen LogP contribution >= 0.6 is 0 Å². The predicted molar refractivity (Wildman–Crippen MR) is 79.9 cm³/mol. The Labute approximate surface area is 124 Å². The summed E-state index contributed by atoms with van der Waals surface area (Å²) in [5.74, 6) is 0.262. The van der Waals surface area contributed by atoms with Gasteiger partial charge in [0.05, 0.1) is 6.26 Å². The number of nitrogens with one attached hydrogen (secondary N) is 1. The van der Waals surface area contributed by atoms with Crippen molar-refractivity contribution in [3.05, 3.63) is 34.9 Å². The Morgan fingerprint density at radius 3 is 2.71 bits per heavy atom. The van der Waals surface area contributed by atoms with E-state index < -0.39 is 10.1 Å². The van der Waals surface area contributed by atoms with Crippen molar-refractivity contribution in [2.24, 2.45) is 5.73 Å². The van der Waals surface area contributed by atoms with E-state index in [1.807, 2.05) is 12.1 Å². The minimum absolute atomic E-state index is 0.324. The quantitative estimate of drug-likeness (QED) is 0.661. The molecular weight excluding hydrogens is 292 g/mol. The summed E-state index contributed by atoms with van der Waals surface area (Å²) < 4.78 is 25.9. The van der Waals surface area contributed by atoms with E-state index in [9.17, 15) is 13.2 Å². The van der Waals surface area contributed by atoms with Crippen molar-refractivity contribution < 1.29 is 17.8 Å². The highest BCUT2D eigenvalue weighted by molar-refractivity contribution is 7.85. The standard InChI is InChI=1S/C13H16N2O.CH4O3S/c14-13(16)9-4-3-8-7-12-10(11(8)6-9)2-1-5-15-12;1-5(2,3)4/h3-4,6,10,12,15H,1-2,5,7H2,(H2,14,16);1H3,(H,2,3,4). The zero-order valence-electron chi connectivity index (χ0n) is 11.9. The Morgan fingerprint density at radius 2 is 2.10 bits per heavy atom. The van der Waals surface area contributed by atoms with Gasteiger partial charge in [0, 0.05) is 11.6 Å². The summed E-state index contributed by atoms with van der Waals surface area (Å²) in [7, 11) is -3.67. The highest BCUT2D eigenvalue weighted by atomic mass is 32.2. The minimum Gasteiger partial charge on any atom is -0.366 e. The molecule has 2 unspecified atom stereocenters. The zero-order chi connectivity index (χ0) is 15.6. The topological polar surface area (TPSA) is 109 Å². The third-order valence-electron chi connectivity index (χ3n) is 3.85. The molecule has 2 atom stereocenters. The second-order valence-electron chi connectivity index (χ2n) is 5.52. The number of amides is 1. The fourth-order valence-corrected chi connectivity index (χ4v) is 3.06. The summed E-state index contributed by atoms with van der Waals surface area (Å²) in [6.07, 6.45) is 4.26. The van der Waals surface area contributed by atoms with Gasteiger partial charge < -0.3 is 11.1 Å². The summed E-state index contributed by atoms with van der Waals surface area (Å²) in [5.41, 5.74) is 8.69. The lowest BCUT2D eigenvalue weighted by Gasteiger charge is -2.27. The predicted octanol–water partition coefficient (Wildman–Crippen LogP) is 0.681. The Bertz CT molecular complexity index is 634. The normalized spacial score (nSPS) is 23.5. The lowest BCUT2D eigenvalue weighted by molar-refractivity contribution is 0.1000. The maximum Gasteiger partial charge on any atom is 0.261 e. The molecule has 1 heterocycles. The molecule has 0 radical (unpaired) electrons. The van der Waals surface area contributed by atoms with Crippen molar-refractivity contribution in [2.75, 3.05) is 12.8 Å². The molecule has 0 spiro atoms. The third kappa shape index (κ3) is 4.26. The Morgan fingerprint density at radius 1 is 1.43 bits per heavy atom. The Balaban J connectivity index is 0.000000282. The van der Waals surface area contributed by atoms with E-state index in [4.69, 9.17) is 10.3 Å². The molecule has 116 valence electrons. The molecule has 3 rings (SSSR count). The van der Waals surface area contributed by atoms with Crippen LogP contribution in [0.25, 0.3) is 0 Å². The number of hydrogen-bond donors (Lipinski definition) is 3. The van der Waals surface area contributed by atoms with Gasteiger partial charge in [0.15, 0.2) is 0 Å². The largest absolute Gasteiger partial charge is 0.366 e. The molecule has 4 N–H and O–H groups in total. The number of primary amides is 1. The number of rotatable bonds is 1. The van der Waals surface area contributed by atoms with E-state index in [0.29, 0.717) is 23.8 Å². The molecule has 1 aliphatic carbocycles. The number of nitrogens with two attached hydrogens (primary N) is 1. The molecule has 7 heteroatoms. The van der Waals surface area contributed by atoms with Gasteiger partial charge in [-0.3, -0.25) is 9.35 Å². The van der Waals surface area contributed by atoms with Gasteiger partial charge in [-0.25, -0.2) is 0 Å². The van der Waals surface area contributed by atoms with Crippen LogP contribution in [0.2, 0.25) is 0 Å². The van der Waals surface area contributed by atoms with E-state index in [-0.39, 0.29) is 5.91 Å². The van der Waals surface area contributed by atoms with E-state index in [2.05, 4.69) is 11.4 Å². The molecular formula is C14H20N2O4S. The number of benzene rings is 1. The first-order chi connectivity index (χ1) is 9.75. The van der Waals surface area contributed by atoms with Crippen molar-refractivity contribution in [3.63, 3.8) is 0 Å². The molecule has 1 fully saturated rings. The maximum absolute atomic E-state index is 11.2. The average Bonchev–Trinajstić information content (AvgIpc) is 2.74. The van der Waals surface area contributed by atoms with Gasteiger partial charge in [0.25, 0.3) is 10.1 Å². The van der Waals surface area contributed by atoms with Gasteiger partial charge in [-0.1, -0.05) is 6.07 Å². The van der Waals surface area contributed by atoms with Gasteiger partial charge in [-0.05, 0) is 55.0 Å². The van der Waals surface area contributed by atoms with Gasteiger partial charge in [0.2, 0.25) is 5.91 Å². The lowest BCUT2D eigenvalue weighted by Crippen LogP contribution is -2.37. The molecule has 1 aliphatic heterocycles. The second kappa shape index (κ2) is 6.13. The van der Waals surface area contributed by atoms with E-state index in [1.54, 1.807) is 0 Å². The van der Waals surface area contributed by atoms with Crippen LogP contribution < -0.4 is 11.1 Å². The first kappa shape index (κ1) is 15.9. The second-order valence-corrected chi connectivity index (χ2v) is 6.99. The fraction of sp³-hybridized carbons (Fsp3) is 0.500. The third-order valence-corrected chi connectivity index (χ3v) is 3.85. The first-order valence-corrected chi connectivity index (χ1v) is 8.69. The highest BCUT2D eigenvalue weighted by Gasteiger charge is 2.34. The number of hydrogen-bond acceptors (Lipinski definition) is 4. The Hall–Kier alpha value is -1.44. The molecule has 1 amide bonds. The Kier molecular flexibility index (Phi) is 4.65. The van der Waals surface area contributed by atoms with Gasteiger partial charge in [-0.2, -0.15) is 8.42 Å². The minimum atomic E-state index is -3.67. The summed E-state index contributed by atoms with van der Waals surface area (Å²) in [6, 6.07) is 6.48. The number of fused-ring (bicyclic) bond motifs is 3. The van der Waals surface area contributed by atoms with Crippen molar-refractivity contribution in [2.45, 2.75) is 31.2 Å². The first-order valence-electron chi connectivity index (χ1n) is 6.84. The summed E-state index contributed by atoms with van der Waals surface area (Å²) in [5, 5.41) is 3.56. The van der Waals surface area contributed by atoms with Crippen LogP contribution in [0, 0.1) is 0 Å². The average molecular weight is 312 g/mol. The molecule has 1 aromatic carbocycles. The molecule has 6 nitrogen and oxygen atoms in total. The number of carbonyl (C=O) groups is 1. The van der Waals surface area contributed by atoms with Gasteiger partial charge in [-0.15, -0.1) is 0 Å². The maximum atomic E-state index is 11.2. The van der Waals surface area contributed by atoms with E-state index in [1.165, 1.54) is 24.0 Å². The molecule has 0 saturated carbocycles. The highest BCUT2D eigenvalue weighted by Crippen LogP contribution is 2.38. The zero-order valence-corrected chi connectivity index (χ0v) is 12.7. The van der Waals surface area contributed by atoms with Crippen LogP contribution in [0.4, 0.5) is 0 Å². The summed E-state index contributed by atoms with van der Waals surface area (Å²) in [4.78, 5) is 11.2. The molecule has 0 aromatic heterocycles. The van der Waals surface area contributed by atoms with Crippen LogP contribution in [0.3, 0.4) is 0 Å². The molecule has 1 saturated heterocycles. The molecule has 21 heavy (non-hydrogen) atoms.